The summed E-state index contributed by atoms with van der Waals surface area (Å²) in [5.74, 6) is 0.752. The van der Waals surface area contributed by atoms with Gasteiger partial charge in [0, 0.05) is 18.9 Å². The number of hydrogen-bond acceptors (Lipinski definition) is 3. The summed E-state index contributed by atoms with van der Waals surface area (Å²) in [6, 6.07) is 9.43. The van der Waals surface area contributed by atoms with Crippen LogP contribution in [0.4, 0.5) is 11.5 Å². The molecular formula is C16H18ClN3O. The molecule has 0 spiro atoms. The third-order valence-corrected chi connectivity index (χ3v) is 3.47. The van der Waals surface area contributed by atoms with Crippen molar-refractivity contribution in [1.29, 1.82) is 0 Å². The molecule has 1 aromatic carbocycles. The lowest BCUT2D eigenvalue weighted by Gasteiger charge is -2.11. The number of carbonyl (C=O) groups is 1. The van der Waals surface area contributed by atoms with E-state index in [1.807, 2.05) is 24.3 Å². The number of aromatic nitrogens is 1. The Morgan fingerprint density at radius 1 is 1.29 bits per heavy atom. The van der Waals surface area contributed by atoms with Crippen LogP contribution in [0.25, 0.3) is 0 Å². The topological polar surface area (TPSA) is 54.0 Å². The first-order chi connectivity index (χ1) is 10.0. The highest BCUT2D eigenvalue weighted by atomic mass is 35.5. The number of nitrogens with one attached hydrogen (secondary N) is 2. The summed E-state index contributed by atoms with van der Waals surface area (Å²) in [5, 5.41) is 6.08. The summed E-state index contributed by atoms with van der Waals surface area (Å²) in [5.41, 5.74) is 2.32. The molecule has 1 heterocycles. The number of amides is 1. The van der Waals surface area contributed by atoms with Gasteiger partial charge in [-0.1, -0.05) is 37.6 Å². The van der Waals surface area contributed by atoms with Crippen molar-refractivity contribution in [1.82, 2.24) is 4.98 Å². The number of anilines is 2. The maximum atomic E-state index is 12.3. The molecule has 2 N–H and O–H groups in total. The Kier molecular flexibility index (Phi) is 4.81. The van der Waals surface area contributed by atoms with Gasteiger partial charge in [-0.2, -0.15) is 0 Å². The number of carbonyl (C=O) groups excluding carboxylic acids is 1. The Labute approximate surface area is 129 Å². The molecule has 0 atom stereocenters. The molecule has 0 aliphatic heterocycles. The number of benzene rings is 1. The van der Waals surface area contributed by atoms with Gasteiger partial charge in [0.25, 0.3) is 5.91 Å². The van der Waals surface area contributed by atoms with Gasteiger partial charge in [0.15, 0.2) is 0 Å². The molecule has 0 bridgehead atoms. The van der Waals surface area contributed by atoms with Crippen LogP contribution in [0, 0.1) is 0 Å². The van der Waals surface area contributed by atoms with E-state index in [1.54, 1.807) is 13.1 Å². The summed E-state index contributed by atoms with van der Waals surface area (Å²) in [6.07, 6.45) is 1.47. The zero-order valence-corrected chi connectivity index (χ0v) is 13.0. The third-order valence-electron chi connectivity index (χ3n) is 3.17. The van der Waals surface area contributed by atoms with E-state index in [0.29, 0.717) is 22.3 Å². The fourth-order valence-corrected chi connectivity index (χ4v) is 2.11. The molecule has 1 amide bonds. The van der Waals surface area contributed by atoms with Gasteiger partial charge in [-0.25, -0.2) is 4.98 Å². The molecule has 21 heavy (non-hydrogen) atoms. The lowest BCUT2D eigenvalue weighted by atomic mass is 10.0. The van der Waals surface area contributed by atoms with Crippen molar-refractivity contribution in [3.05, 3.63) is 52.7 Å². The van der Waals surface area contributed by atoms with Gasteiger partial charge < -0.3 is 10.6 Å². The molecule has 0 aliphatic rings. The highest BCUT2D eigenvalue weighted by Crippen LogP contribution is 2.22. The first kappa shape index (κ1) is 15.3. The lowest BCUT2D eigenvalue weighted by Crippen LogP contribution is -2.13. The molecule has 1 aromatic heterocycles. The van der Waals surface area contributed by atoms with E-state index < -0.39 is 0 Å². The van der Waals surface area contributed by atoms with Gasteiger partial charge >= 0.3 is 0 Å². The predicted octanol–water partition coefficient (Wildman–Crippen LogP) is 4.15. The highest BCUT2D eigenvalue weighted by molar-refractivity contribution is 6.34. The Morgan fingerprint density at radius 3 is 2.71 bits per heavy atom. The Hall–Kier alpha value is -2.07. The summed E-state index contributed by atoms with van der Waals surface area (Å²) in [6.45, 7) is 4.22. The van der Waals surface area contributed by atoms with E-state index in [0.717, 1.165) is 5.69 Å². The number of rotatable bonds is 4. The molecule has 4 nitrogen and oxygen atoms in total. The van der Waals surface area contributed by atoms with Gasteiger partial charge in [-0.15, -0.1) is 0 Å². The van der Waals surface area contributed by atoms with Crippen molar-refractivity contribution in [2.75, 3.05) is 17.7 Å². The van der Waals surface area contributed by atoms with Crippen LogP contribution in [0.15, 0.2) is 36.5 Å². The SMILES string of the molecule is CNc1cc(C(=O)Nc2cccc(C(C)C)c2)c(Cl)cn1. The minimum absolute atomic E-state index is 0.250. The van der Waals surface area contributed by atoms with E-state index >= 15 is 0 Å². The van der Waals surface area contributed by atoms with Gasteiger partial charge in [0.1, 0.15) is 5.82 Å². The fourth-order valence-electron chi connectivity index (χ4n) is 1.92. The minimum Gasteiger partial charge on any atom is -0.373 e. The van der Waals surface area contributed by atoms with E-state index in [-0.39, 0.29) is 5.91 Å². The maximum Gasteiger partial charge on any atom is 0.257 e. The Balaban J connectivity index is 2.24. The quantitative estimate of drug-likeness (QED) is 0.892. The average Bonchev–Trinajstić information content (AvgIpc) is 2.48. The van der Waals surface area contributed by atoms with Crippen LogP contribution in [-0.2, 0) is 0 Å². The van der Waals surface area contributed by atoms with Crippen LogP contribution < -0.4 is 10.6 Å². The number of halogens is 1. The first-order valence-corrected chi connectivity index (χ1v) is 7.13. The van der Waals surface area contributed by atoms with Crippen LogP contribution in [0.3, 0.4) is 0 Å². The van der Waals surface area contributed by atoms with Crippen molar-refractivity contribution < 1.29 is 4.79 Å². The van der Waals surface area contributed by atoms with Crippen molar-refractivity contribution in [3.8, 4) is 0 Å². The fraction of sp³-hybridized carbons (Fsp3) is 0.250. The lowest BCUT2D eigenvalue weighted by molar-refractivity contribution is 0.102. The standard InChI is InChI=1S/C16H18ClN3O/c1-10(2)11-5-4-6-12(7-11)20-16(21)13-8-15(18-3)19-9-14(13)17/h4-10H,1-3H3,(H,18,19)(H,20,21). The Bertz CT molecular complexity index is 656. The van der Waals surface area contributed by atoms with Crippen LogP contribution in [0.2, 0.25) is 5.02 Å². The third kappa shape index (κ3) is 3.73. The van der Waals surface area contributed by atoms with Crippen molar-refractivity contribution in [2.45, 2.75) is 19.8 Å². The summed E-state index contributed by atoms with van der Waals surface area (Å²) in [7, 11) is 1.74. The maximum absolute atomic E-state index is 12.3. The van der Waals surface area contributed by atoms with Crippen molar-refractivity contribution >= 4 is 29.0 Å². The van der Waals surface area contributed by atoms with Gasteiger partial charge in [-0.05, 0) is 29.7 Å². The predicted molar refractivity (Wildman–Crippen MR) is 87.3 cm³/mol. The van der Waals surface area contributed by atoms with Gasteiger partial charge in [0.2, 0.25) is 0 Å². The molecule has 5 heteroatoms. The first-order valence-electron chi connectivity index (χ1n) is 6.76. The second kappa shape index (κ2) is 6.59. The van der Waals surface area contributed by atoms with Gasteiger partial charge in [0.05, 0.1) is 10.6 Å². The molecule has 2 rings (SSSR count). The zero-order chi connectivity index (χ0) is 15.4. The van der Waals surface area contributed by atoms with E-state index in [1.165, 1.54) is 11.8 Å². The van der Waals surface area contributed by atoms with Crippen LogP contribution in [0.5, 0.6) is 0 Å². The monoisotopic (exact) mass is 303 g/mol. The molecule has 2 aromatic rings. The van der Waals surface area contributed by atoms with Gasteiger partial charge in [-0.3, -0.25) is 4.79 Å². The molecule has 0 fully saturated rings. The number of hydrogen-bond donors (Lipinski definition) is 2. The van der Waals surface area contributed by atoms with E-state index in [2.05, 4.69) is 29.5 Å². The van der Waals surface area contributed by atoms with Crippen LogP contribution in [-0.4, -0.2) is 17.9 Å². The van der Waals surface area contributed by atoms with Crippen molar-refractivity contribution in [3.63, 3.8) is 0 Å². The molecule has 0 saturated carbocycles. The highest BCUT2D eigenvalue weighted by Gasteiger charge is 2.12. The number of pyridine rings is 1. The number of nitrogens with zero attached hydrogens (tertiary/aromatic N) is 1. The Morgan fingerprint density at radius 2 is 2.05 bits per heavy atom. The molecule has 110 valence electrons. The average molecular weight is 304 g/mol. The second-order valence-corrected chi connectivity index (χ2v) is 5.44. The second-order valence-electron chi connectivity index (χ2n) is 5.03. The van der Waals surface area contributed by atoms with Crippen LogP contribution in [0.1, 0.15) is 35.7 Å². The van der Waals surface area contributed by atoms with E-state index in [4.69, 9.17) is 11.6 Å². The molecule has 0 unspecified atom stereocenters. The van der Waals surface area contributed by atoms with Crippen LogP contribution >= 0.6 is 11.6 Å². The minimum atomic E-state index is -0.250. The molecule has 0 saturated heterocycles. The smallest absolute Gasteiger partial charge is 0.257 e. The summed E-state index contributed by atoms with van der Waals surface area (Å²) in [4.78, 5) is 16.4. The molecular weight excluding hydrogens is 286 g/mol. The molecule has 0 aliphatic carbocycles. The van der Waals surface area contributed by atoms with Crippen molar-refractivity contribution in [2.24, 2.45) is 0 Å². The normalized spacial score (nSPS) is 10.5. The molecule has 0 radical (unpaired) electrons. The summed E-state index contributed by atoms with van der Waals surface area (Å²) >= 11 is 6.04. The van der Waals surface area contributed by atoms with E-state index in [9.17, 15) is 4.79 Å². The summed E-state index contributed by atoms with van der Waals surface area (Å²) < 4.78 is 0. The zero-order valence-electron chi connectivity index (χ0n) is 12.3. The largest absolute Gasteiger partial charge is 0.373 e.